The number of nitrogens with zero attached hydrogens (tertiary/aromatic N) is 8. The van der Waals surface area contributed by atoms with Gasteiger partial charge < -0.3 is 0 Å². The number of carbonyl (C=O) groups excluding carboxylic acids is 2. The largest absolute Gasteiger partial charge is 0.280 e. The molecular weight excluding hydrogens is 637 g/mol. The van der Waals surface area contributed by atoms with Crippen LogP contribution in [0.15, 0.2) is 158 Å². The Hall–Kier alpha value is -6.42. The molecule has 0 saturated heterocycles. The normalized spacial score (nSPS) is 18.2. The Morgan fingerprint density at radius 3 is 1.31 bits per heavy atom. The molecule has 0 N–H and O–H groups in total. The van der Waals surface area contributed by atoms with E-state index in [1.807, 2.05) is 103 Å². The van der Waals surface area contributed by atoms with Crippen LogP contribution in [0.25, 0.3) is 0 Å². The smallest absolute Gasteiger partial charge is 0.269 e. The Morgan fingerprint density at radius 1 is 0.529 bits per heavy atom. The number of carbonyl (C=O) groups is 2. The van der Waals surface area contributed by atoms with Gasteiger partial charge in [0.25, 0.3) is 11.8 Å². The fourth-order valence-corrected chi connectivity index (χ4v) is 6.40. The lowest BCUT2D eigenvalue weighted by molar-refractivity contribution is -0.118. The van der Waals surface area contributed by atoms with E-state index in [-0.39, 0.29) is 17.7 Å². The summed E-state index contributed by atoms with van der Waals surface area (Å²) in [4.78, 5) is 26.3. The SMILES string of the molecule is CC1=NN(c2ccccc2)C(=O)C1N=Nc1ccc(C(c2ccccc2)c2ccc(N=NC3C(=O)N(c4ccccc4)N=C3C)cc2C)c(C)c1. The van der Waals surface area contributed by atoms with Gasteiger partial charge in [-0.1, -0.05) is 78.9 Å². The highest BCUT2D eigenvalue weighted by Gasteiger charge is 2.35. The molecule has 10 nitrogen and oxygen atoms in total. The third-order valence-corrected chi connectivity index (χ3v) is 9.03. The molecule has 51 heavy (non-hydrogen) atoms. The number of azo groups is 2. The lowest BCUT2D eigenvalue weighted by Crippen LogP contribution is -2.29. The monoisotopic (exact) mass is 672 g/mol. The molecular formula is C41H36N8O2. The maximum atomic E-state index is 13.1. The van der Waals surface area contributed by atoms with E-state index in [0.717, 1.165) is 27.8 Å². The van der Waals surface area contributed by atoms with Crippen LogP contribution < -0.4 is 10.0 Å². The third kappa shape index (κ3) is 6.76. The van der Waals surface area contributed by atoms with Crippen molar-refractivity contribution < 1.29 is 9.59 Å². The van der Waals surface area contributed by atoms with E-state index in [1.54, 1.807) is 13.8 Å². The molecule has 2 aliphatic rings. The van der Waals surface area contributed by atoms with Crippen LogP contribution in [0.1, 0.15) is 47.6 Å². The van der Waals surface area contributed by atoms with Gasteiger partial charge in [0.15, 0.2) is 12.1 Å². The maximum Gasteiger partial charge on any atom is 0.280 e. The highest BCUT2D eigenvalue weighted by atomic mass is 16.2. The van der Waals surface area contributed by atoms with E-state index in [4.69, 9.17) is 0 Å². The average molecular weight is 673 g/mol. The van der Waals surface area contributed by atoms with Gasteiger partial charge in [-0.05, 0) is 104 Å². The van der Waals surface area contributed by atoms with Crippen LogP contribution in [0.4, 0.5) is 22.7 Å². The van der Waals surface area contributed by atoms with Gasteiger partial charge in [-0.25, -0.2) is 0 Å². The quantitative estimate of drug-likeness (QED) is 0.115. The second-order valence-corrected chi connectivity index (χ2v) is 12.6. The highest BCUT2D eigenvalue weighted by molar-refractivity contribution is 6.18. The number of anilines is 2. The molecule has 0 bridgehead atoms. The summed E-state index contributed by atoms with van der Waals surface area (Å²) in [6.45, 7) is 7.71. The molecule has 2 unspecified atom stereocenters. The van der Waals surface area contributed by atoms with E-state index >= 15 is 0 Å². The zero-order valence-corrected chi connectivity index (χ0v) is 28.8. The van der Waals surface area contributed by atoms with Gasteiger partial charge in [-0.2, -0.15) is 40.7 Å². The van der Waals surface area contributed by atoms with E-state index in [9.17, 15) is 9.59 Å². The number of amides is 2. The molecule has 252 valence electrons. The zero-order chi connectivity index (χ0) is 35.5. The molecule has 0 radical (unpaired) electrons. The van der Waals surface area contributed by atoms with Gasteiger partial charge in [-0.15, -0.1) is 0 Å². The van der Waals surface area contributed by atoms with Gasteiger partial charge in [0.1, 0.15) is 0 Å². The Kier molecular flexibility index (Phi) is 9.22. The predicted molar refractivity (Wildman–Crippen MR) is 200 cm³/mol. The number of aryl methyl sites for hydroxylation is 2. The van der Waals surface area contributed by atoms with Gasteiger partial charge in [0.05, 0.1) is 34.2 Å². The van der Waals surface area contributed by atoms with Crippen LogP contribution in [0.2, 0.25) is 0 Å². The fraction of sp³-hybridized carbons (Fsp3) is 0.171. The highest BCUT2D eigenvalue weighted by Crippen LogP contribution is 2.38. The van der Waals surface area contributed by atoms with E-state index in [2.05, 4.69) is 68.8 Å². The van der Waals surface area contributed by atoms with Crippen LogP contribution in [0, 0.1) is 13.8 Å². The summed E-state index contributed by atoms with van der Waals surface area (Å²) in [5.41, 5.74) is 9.33. The minimum Gasteiger partial charge on any atom is -0.269 e. The summed E-state index contributed by atoms with van der Waals surface area (Å²) < 4.78 is 0. The van der Waals surface area contributed by atoms with Crippen LogP contribution in [-0.2, 0) is 9.59 Å². The van der Waals surface area contributed by atoms with Crippen molar-refractivity contribution in [3.05, 3.63) is 155 Å². The molecule has 0 spiro atoms. The van der Waals surface area contributed by atoms with Crippen LogP contribution in [0.3, 0.4) is 0 Å². The van der Waals surface area contributed by atoms with E-state index < -0.39 is 12.1 Å². The Balaban J connectivity index is 1.12. The first-order valence-electron chi connectivity index (χ1n) is 16.7. The van der Waals surface area contributed by atoms with Crippen LogP contribution in [-0.4, -0.2) is 35.3 Å². The standard InChI is InChI=1S/C41H36N8O2/c1-26-24-31(42-44-38-28(3)46-48(40(38)50)33-16-10-6-11-17-33)20-22-35(26)37(30-14-8-5-9-15-30)36-23-21-32(25-27(36)2)43-45-39-29(4)47-49(41(39)51)34-18-12-7-13-19-34/h5-25,37-39H,1-4H3. The molecule has 2 amide bonds. The van der Waals surface area contributed by atoms with E-state index in [0.29, 0.717) is 34.2 Å². The first-order chi connectivity index (χ1) is 24.8. The maximum absolute atomic E-state index is 13.1. The molecule has 5 aromatic rings. The van der Waals surface area contributed by atoms with Gasteiger partial charge >= 0.3 is 0 Å². The number of rotatable bonds is 9. The molecule has 2 aliphatic heterocycles. The number of hydrogen-bond acceptors (Lipinski definition) is 8. The van der Waals surface area contributed by atoms with Gasteiger partial charge in [-0.3, -0.25) is 9.59 Å². The first-order valence-corrected chi connectivity index (χ1v) is 16.7. The number of benzene rings is 5. The van der Waals surface area contributed by atoms with Crippen molar-refractivity contribution in [2.45, 2.75) is 45.7 Å². The number of hydrazone groups is 2. The van der Waals surface area contributed by atoms with Crippen LogP contribution in [0.5, 0.6) is 0 Å². The van der Waals surface area contributed by atoms with Gasteiger partial charge in [0, 0.05) is 5.92 Å². The van der Waals surface area contributed by atoms with Crippen molar-refractivity contribution in [2.75, 3.05) is 10.0 Å². The van der Waals surface area contributed by atoms with E-state index in [1.165, 1.54) is 10.0 Å². The third-order valence-electron chi connectivity index (χ3n) is 9.03. The summed E-state index contributed by atoms with van der Waals surface area (Å²) in [7, 11) is 0. The second-order valence-electron chi connectivity index (χ2n) is 12.6. The van der Waals surface area contributed by atoms with Gasteiger partial charge in [0.2, 0.25) is 0 Å². The minimum atomic E-state index is -0.772. The molecule has 0 aliphatic carbocycles. The Labute approximate surface area is 296 Å². The zero-order valence-electron chi connectivity index (χ0n) is 28.8. The molecule has 2 heterocycles. The summed E-state index contributed by atoms with van der Waals surface area (Å²) in [5.74, 6) is -0.532. The summed E-state index contributed by atoms with van der Waals surface area (Å²) >= 11 is 0. The van der Waals surface area contributed by atoms with Crippen molar-refractivity contribution >= 4 is 46.0 Å². The summed E-state index contributed by atoms with van der Waals surface area (Å²) in [6, 6.07) is 39.4. The molecule has 0 fully saturated rings. The molecule has 10 heteroatoms. The predicted octanol–water partition coefficient (Wildman–Crippen LogP) is 9.23. The van der Waals surface area contributed by atoms with Crippen molar-refractivity contribution in [2.24, 2.45) is 30.7 Å². The molecule has 2 atom stereocenters. The summed E-state index contributed by atoms with van der Waals surface area (Å²) in [6.07, 6.45) is 0. The number of hydrogen-bond donors (Lipinski definition) is 0. The molecule has 5 aromatic carbocycles. The minimum absolute atomic E-state index is 0.0707. The first kappa shape index (κ1) is 33.1. The Morgan fingerprint density at radius 2 is 0.922 bits per heavy atom. The lowest BCUT2D eigenvalue weighted by Gasteiger charge is -2.23. The van der Waals surface area contributed by atoms with Crippen LogP contribution >= 0.6 is 0 Å². The lowest BCUT2D eigenvalue weighted by atomic mass is 9.81. The molecule has 7 rings (SSSR count). The van der Waals surface area contributed by atoms with Crippen molar-refractivity contribution in [3.63, 3.8) is 0 Å². The van der Waals surface area contributed by atoms with Crippen molar-refractivity contribution in [3.8, 4) is 0 Å². The molecule has 0 aromatic heterocycles. The number of para-hydroxylation sites is 2. The second kappa shape index (κ2) is 14.2. The average Bonchev–Trinajstić information content (AvgIpc) is 3.60. The topological polar surface area (TPSA) is 115 Å². The van der Waals surface area contributed by atoms with Crippen molar-refractivity contribution in [1.29, 1.82) is 0 Å². The fourth-order valence-electron chi connectivity index (χ4n) is 6.40. The van der Waals surface area contributed by atoms with Crippen molar-refractivity contribution in [1.82, 2.24) is 0 Å². The Bertz CT molecular complexity index is 2080. The molecule has 0 saturated carbocycles. The summed E-state index contributed by atoms with van der Waals surface area (Å²) in [5, 5.41) is 29.4.